The highest BCUT2D eigenvalue weighted by atomic mass is 79.9. The van der Waals surface area contributed by atoms with Crippen molar-refractivity contribution >= 4 is 21.6 Å². The Balaban J connectivity index is 2.12. The average Bonchev–Trinajstić information content (AvgIpc) is 2.43. The van der Waals surface area contributed by atoms with E-state index >= 15 is 0 Å². The van der Waals surface area contributed by atoms with Gasteiger partial charge >= 0.3 is 0 Å². The third kappa shape index (κ3) is 3.33. The zero-order valence-electron chi connectivity index (χ0n) is 10.1. The number of nitriles is 1. The molecule has 0 bridgehead atoms. The molecule has 0 saturated heterocycles. The van der Waals surface area contributed by atoms with Crippen molar-refractivity contribution < 1.29 is 4.39 Å². The number of rotatable bonds is 4. The van der Waals surface area contributed by atoms with Crippen LogP contribution in [-0.4, -0.2) is 6.54 Å². The van der Waals surface area contributed by atoms with Crippen molar-refractivity contribution in [2.75, 3.05) is 11.9 Å². The molecule has 0 amide bonds. The molecule has 0 saturated carbocycles. The van der Waals surface area contributed by atoms with Gasteiger partial charge < -0.3 is 5.32 Å². The summed E-state index contributed by atoms with van der Waals surface area (Å²) >= 11 is 3.29. The Morgan fingerprint density at radius 2 is 1.89 bits per heavy atom. The topological polar surface area (TPSA) is 35.8 Å². The van der Waals surface area contributed by atoms with Crippen molar-refractivity contribution in [2.45, 2.75) is 5.92 Å². The molecule has 96 valence electrons. The van der Waals surface area contributed by atoms with Crippen LogP contribution in [0.15, 0.2) is 53.0 Å². The Labute approximate surface area is 120 Å². The van der Waals surface area contributed by atoms with Crippen molar-refractivity contribution in [3.8, 4) is 6.07 Å². The summed E-state index contributed by atoms with van der Waals surface area (Å²) in [4.78, 5) is 0. The van der Waals surface area contributed by atoms with Gasteiger partial charge in [0, 0.05) is 11.0 Å². The van der Waals surface area contributed by atoms with Gasteiger partial charge in [-0.3, -0.25) is 0 Å². The molecular formula is C15H12BrFN2. The van der Waals surface area contributed by atoms with Gasteiger partial charge in [0.05, 0.1) is 17.7 Å². The maximum absolute atomic E-state index is 13.6. The first-order chi connectivity index (χ1) is 9.22. The second-order valence-corrected chi connectivity index (χ2v) is 4.92. The van der Waals surface area contributed by atoms with Gasteiger partial charge in [-0.15, -0.1) is 0 Å². The summed E-state index contributed by atoms with van der Waals surface area (Å²) < 4.78 is 14.3. The normalized spacial score (nSPS) is 11.6. The molecule has 2 rings (SSSR count). The molecule has 2 aromatic rings. The lowest BCUT2D eigenvalue weighted by Gasteiger charge is -2.13. The average molecular weight is 319 g/mol. The summed E-state index contributed by atoms with van der Waals surface area (Å²) in [5.74, 6) is -0.646. The van der Waals surface area contributed by atoms with Crippen LogP contribution < -0.4 is 5.32 Å². The van der Waals surface area contributed by atoms with E-state index in [9.17, 15) is 9.65 Å². The standard InChI is InChI=1S/C15H12BrFN2/c16-13-7-4-8-14(17)15(13)19-10-12(9-18)11-5-2-1-3-6-11/h1-8,12,19H,10H2. The van der Waals surface area contributed by atoms with E-state index in [-0.39, 0.29) is 11.7 Å². The molecule has 0 radical (unpaired) electrons. The number of nitrogens with one attached hydrogen (secondary N) is 1. The highest BCUT2D eigenvalue weighted by molar-refractivity contribution is 9.10. The fourth-order valence-corrected chi connectivity index (χ4v) is 2.28. The van der Waals surface area contributed by atoms with Crippen LogP contribution in [0.3, 0.4) is 0 Å². The maximum atomic E-state index is 13.6. The van der Waals surface area contributed by atoms with E-state index in [1.165, 1.54) is 6.07 Å². The lowest BCUT2D eigenvalue weighted by molar-refractivity contribution is 0.629. The first kappa shape index (κ1) is 13.6. The SMILES string of the molecule is N#CC(CNc1c(F)cccc1Br)c1ccccc1. The highest BCUT2D eigenvalue weighted by Gasteiger charge is 2.12. The summed E-state index contributed by atoms with van der Waals surface area (Å²) in [6.07, 6.45) is 0. The van der Waals surface area contributed by atoms with E-state index in [2.05, 4.69) is 27.3 Å². The molecule has 1 unspecified atom stereocenters. The quantitative estimate of drug-likeness (QED) is 0.911. The Morgan fingerprint density at radius 3 is 2.53 bits per heavy atom. The van der Waals surface area contributed by atoms with Crippen molar-refractivity contribution in [1.82, 2.24) is 0 Å². The van der Waals surface area contributed by atoms with Crippen LogP contribution in [0.4, 0.5) is 10.1 Å². The molecule has 0 fully saturated rings. The predicted octanol–water partition coefficient (Wildman–Crippen LogP) is 4.31. The molecular weight excluding hydrogens is 307 g/mol. The largest absolute Gasteiger partial charge is 0.380 e. The lowest BCUT2D eigenvalue weighted by Crippen LogP contribution is -2.12. The number of halogens is 2. The van der Waals surface area contributed by atoms with Gasteiger partial charge in [0.1, 0.15) is 5.82 Å². The minimum atomic E-state index is -0.334. The number of benzene rings is 2. The van der Waals surface area contributed by atoms with Crippen LogP contribution in [0.1, 0.15) is 11.5 Å². The van der Waals surface area contributed by atoms with Gasteiger partial charge in [0.25, 0.3) is 0 Å². The van der Waals surface area contributed by atoms with Gasteiger partial charge in [-0.05, 0) is 33.6 Å². The first-order valence-corrected chi connectivity index (χ1v) is 6.64. The molecule has 0 spiro atoms. The van der Waals surface area contributed by atoms with Gasteiger partial charge in [0.2, 0.25) is 0 Å². The molecule has 2 nitrogen and oxygen atoms in total. The van der Waals surface area contributed by atoms with Gasteiger partial charge in [-0.25, -0.2) is 4.39 Å². The highest BCUT2D eigenvalue weighted by Crippen LogP contribution is 2.26. The molecule has 0 aromatic heterocycles. The second-order valence-electron chi connectivity index (χ2n) is 4.07. The lowest BCUT2D eigenvalue weighted by atomic mass is 10.0. The molecule has 0 aliphatic carbocycles. The summed E-state index contributed by atoms with van der Waals surface area (Å²) in [5.41, 5.74) is 1.31. The number of hydrogen-bond donors (Lipinski definition) is 1. The van der Waals surface area contributed by atoms with E-state index in [1.54, 1.807) is 12.1 Å². The second kappa shape index (κ2) is 6.35. The Hall–Kier alpha value is -1.86. The molecule has 1 N–H and O–H groups in total. The Morgan fingerprint density at radius 1 is 1.16 bits per heavy atom. The zero-order chi connectivity index (χ0) is 13.7. The Bertz CT molecular complexity index is 573. The van der Waals surface area contributed by atoms with Crippen LogP contribution in [-0.2, 0) is 0 Å². The maximum Gasteiger partial charge on any atom is 0.147 e. The monoisotopic (exact) mass is 318 g/mol. The molecule has 0 aliphatic rings. The van der Waals surface area contributed by atoms with Crippen LogP contribution in [0.2, 0.25) is 0 Å². The zero-order valence-corrected chi connectivity index (χ0v) is 11.7. The van der Waals surface area contributed by atoms with Crippen LogP contribution in [0.5, 0.6) is 0 Å². The van der Waals surface area contributed by atoms with E-state index in [1.807, 2.05) is 30.3 Å². The first-order valence-electron chi connectivity index (χ1n) is 5.85. The minimum absolute atomic E-state index is 0.312. The van der Waals surface area contributed by atoms with Crippen molar-refractivity contribution in [3.05, 3.63) is 64.4 Å². The van der Waals surface area contributed by atoms with Crippen molar-refractivity contribution in [1.29, 1.82) is 5.26 Å². The van der Waals surface area contributed by atoms with Crippen LogP contribution in [0.25, 0.3) is 0 Å². The summed E-state index contributed by atoms with van der Waals surface area (Å²) in [6.45, 7) is 0.361. The molecule has 0 heterocycles. The van der Waals surface area contributed by atoms with Crippen molar-refractivity contribution in [2.24, 2.45) is 0 Å². The van der Waals surface area contributed by atoms with Gasteiger partial charge in [0.15, 0.2) is 0 Å². The smallest absolute Gasteiger partial charge is 0.147 e. The van der Waals surface area contributed by atoms with E-state index in [0.29, 0.717) is 16.7 Å². The fourth-order valence-electron chi connectivity index (χ4n) is 1.79. The Kier molecular flexibility index (Phi) is 4.53. The summed E-state index contributed by atoms with van der Waals surface area (Å²) in [7, 11) is 0. The molecule has 1 atom stereocenters. The summed E-state index contributed by atoms with van der Waals surface area (Å²) in [5, 5.41) is 12.2. The molecule has 4 heteroatoms. The van der Waals surface area contributed by atoms with Crippen LogP contribution >= 0.6 is 15.9 Å². The number of hydrogen-bond acceptors (Lipinski definition) is 2. The molecule has 19 heavy (non-hydrogen) atoms. The van der Waals surface area contributed by atoms with Gasteiger partial charge in [-0.1, -0.05) is 36.4 Å². The van der Waals surface area contributed by atoms with E-state index in [4.69, 9.17) is 0 Å². The third-order valence-corrected chi connectivity index (χ3v) is 3.46. The predicted molar refractivity (Wildman–Crippen MR) is 77.4 cm³/mol. The van der Waals surface area contributed by atoms with E-state index < -0.39 is 0 Å². The fraction of sp³-hybridized carbons (Fsp3) is 0.133. The van der Waals surface area contributed by atoms with E-state index in [0.717, 1.165) is 5.56 Å². The number of para-hydroxylation sites is 1. The molecule has 0 aliphatic heterocycles. The summed E-state index contributed by atoms with van der Waals surface area (Å²) in [6, 6.07) is 16.5. The minimum Gasteiger partial charge on any atom is -0.380 e. The number of nitrogens with zero attached hydrogens (tertiary/aromatic N) is 1. The molecule has 2 aromatic carbocycles. The van der Waals surface area contributed by atoms with Crippen molar-refractivity contribution in [3.63, 3.8) is 0 Å². The number of anilines is 1. The van der Waals surface area contributed by atoms with Gasteiger partial charge in [-0.2, -0.15) is 5.26 Å². The third-order valence-electron chi connectivity index (χ3n) is 2.80. The van der Waals surface area contributed by atoms with Crippen LogP contribution in [0, 0.1) is 17.1 Å².